The van der Waals surface area contributed by atoms with Crippen molar-refractivity contribution in [3.05, 3.63) is 102 Å². The molecule has 0 N–H and O–H groups in total. The predicted octanol–water partition coefficient (Wildman–Crippen LogP) is 4.41. The summed E-state index contributed by atoms with van der Waals surface area (Å²) in [5.74, 6) is 1.09. The summed E-state index contributed by atoms with van der Waals surface area (Å²) in [7, 11) is 0. The van der Waals surface area contributed by atoms with Gasteiger partial charge < -0.3 is 13.6 Å². The number of carbonyl (C=O) groups excluding carboxylic acids is 1. The molecule has 1 atom stereocenters. The minimum absolute atomic E-state index is 0.202. The Kier molecular flexibility index (Phi) is 5.97. The maximum atomic E-state index is 13.5. The van der Waals surface area contributed by atoms with Gasteiger partial charge in [-0.05, 0) is 50.2 Å². The van der Waals surface area contributed by atoms with E-state index in [1.165, 1.54) is 15.9 Å². The molecule has 4 heterocycles. The van der Waals surface area contributed by atoms with Gasteiger partial charge in [-0.3, -0.25) is 9.36 Å². The second-order valence-electron chi connectivity index (χ2n) is 7.53. The highest BCUT2D eigenvalue weighted by Crippen LogP contribution is 2.34. The van der Waals surface area contributed by atoms with E-state index in [9.17, 15) is 9.59 Å². The number of thiazole rings is 1. The van der Waals surface area contributed by atoms with Crippen LogP contribution in [-0.4, -0.2) is 17.1 Å². The van der Waals surface area contributed by atoms with E-state index in [4.69, 9.17) is 13.6 Å². The lowest BCUT2D eigenvalue weighted by Gasteiger charge is -2.22. The molecule has 7 nitrogen and oxygen atoms in total. The van der Waals surface area contributed by atoms with E-state index < -0.39 is 12.0 Å². The lowest BCUT2D eigenvalue weighted by molar-refractivity contribution is -0.139. The van der Waals surface area contributed by atoms with Gasteiger partial charge in [-0.25, -0.2) is 9.79 Å². The van der Waals surface area contributed by atoms with Gasteiger partial charge in [0.2, 0.25) is 0 Å². The largest absolute Gasteiger partial charge is 0.465 e. The molecule has 34 heavy (non-hydrogen) atoms. The number of furan rings is 2. The Morgan fingerprint density at radius 2 is 2.03 bits per heavy atom. The van der Waals surface area contributed by atoms with Crippen molar-refractivity contribution in [1.29, 1.82) is 0 Å². The molecule has 0 fully saturated rings. The van der Waals surface area contributed by atoms with Gasteiger partial charge in [0.05, 0.1) is 28.7 Å². The van der Waals surface area contributed by atoms with Crippen LogP contribution in [-0.2, 0) is 9.53 Å². The van der Waals surface area contributed by atoms with Crippen LogP contribution < -0.4 is 14.9 Å². The van der Waals surface area contributed by atoms with Crippen molar-refractivity contribution >= 4 is 39.3 Å². The van der Waals surface area contributed by atoms with E-state index in [1.807, 2.05) is 30.3 Å². The molecule has 0 spiro atoms. The normalized spacial score (nSPS) is 15.9. The number of ether oxygens (including phenoxy) is 1. The predicted molar refractivity (Wildman–Crippen MR) is 131 cm³/mol. The standard InChI is InChI=1S/C25H19BrN2O5S/c1-3-31-24(30)21-14(2)27-25-28(23(29)20(34-25)13-17-5-4-12-32-17)22(21)19-11-10-18(33-19)15-6-8-16(26)9-7-15/h4-13,22H,3H2,1-2H3/b20-13-/t22-/m1/s1. The van der Waals surface area contributed by atoms with Crippen molar-refractivity contribution in [1.82, 2.24) is 4.57 Å². The summed E-state index contributed by atoms with van der Waals surface area (Å²) >= 11 is 4.66. The van der Waals surface area contributed by atoms with Crippen molar-refractivity contribution in [3.63, 3.8) is 0 Å². The van der Waals surface area contributed by atoms with Crippen molar-refractivity contribution in [3.8, 4) is 11.3 Å². The summed E-state index contributed by atoms with van der Waals surface area (Å²) in [5.41, 5.74) is 1.34. The van der Waals surface area contributed by atoms with Gasteiger partial charge >= 0.3 is 5.97 Å². The number of benzene rings is 1. The molecule has 0 bridgehead atoms. The summed E-state index contributed by atoms with van der Waals surface area (Å²) < 4.78 is 19.8. The number of fused-ring (bicyclic) bond motifs is 1. The fourth-order valence-corrected chi connectivity index (χ4v) is 5.12. The molecular formula is C25H19BrN2O5S. The molecule has 172 valence electrons. The van der Waals surface area contributed by atoms with Crippen LogP contribution in [0.5, 0.6) is 0 Å². The zero-order chi connectivity index (χ0) is 23.8. The summed E-state index contributed by atoms with van der Waals surface area (Å²) in [4.78, 5) is 31.5. The van der Waals surface area contributed by atoms with Gasteiger partial charge in [0.15, 0.2) is 4.80 Å². The van der Waals surface area contributed by atoms with Crippen molar-refractivity contribution < 1.29 is 18.4 Å². The Balaban J connectivity index is 1.69. The molecule has 0 amide bonds. The lowest BCUT2D eigenvalue weighted by atomic mass is 10.0. The molecular weight excluding hydrogens is 520 g/mol. The fraction of sp³-hybridized carbons (Fsp3) is 0.160. The van der Waals surface area contributed by atoms with E-state index in [0.29, 0.717) is 32.3 Å². The van der Waals surface area contributed by atoms with E-state index in [2.05, 4.69) is 20.9 Å². The first-order valence-electron chi connectivity index (χ1n) is 10.5. The Labute approximate surface area is 206 Å². The van der Waals surface area contributed by atoms with Crippen molar-refractivity contribution in [2.24, 2.45) is 4.99 Å². The number of nitrogens with zero attached hydrogens (tertiary/aromatic N) is 2. The SMILES string of the molecule is CCOC(=O)C1=C(C)N=c2s/c(=C\c3ccco3)c(=O)n2[C@@H]1c1ccc(-c2ccc(Br)cc2)o1. The van der Waals surface area contributed by atoms with Gasteiger partial charge in [0.1, 0.15) is 23.3 Å². The summed E-state index contributed by atoms with van der Waals surface area (Å²) in [6.45, 7) is 3.68. The maximum absolute atomic E-state index is 13.5. The number of allylic oxidation sites excluding steroid dienone is 1. The monoisotopic (exact) mass is 538 g/mol. The van der Waals surface area contributed by atoms with Crippen LogP contribution in [0.2, 0.25) is 0 Å². The van der Waals surface area contributed by atoms with Gasteiger partial charge in [-0.1, -0.05) is 39.4 Å². The number of hydrogen-bond acceptors (Lipinski definition) is 7. The highest BCUT2D eigenvalue weighted by Gasteiger charge is 2.35. The number of halogens is 1. The lowest BCUT2D eigenvalue weighted by Crippen LogP contribution is -2.39. The van der Waals surface area contributed by atoms with Crippen LogP contribution in [0.1, 0.15) is 31.4 Å². The smallest absolute Gasteiger partial charge is 0.338 e. The number of carbonyl (C=O) groups is 1. The molecule has 5 rings (SSSR count). The molecule has 1 aliphatic rings. The second-order valence-corrected chi connectivity index (χ2v) is 9.45. The number of aromatic nitrogens is 1. The zero-order valence-corrected chi connectivity index (χ0v) is 20.7. The Morgan fingerprint density at radius 1 is 1.24 bits per heavy atom. The average Bonchev–Trinajstić information content (AvgIpc) is 3.56. The summed E-state index contributed by atoms with van der Waals surface area (Å²) in [6.07, 6.45) is 3.21. The number of rotatable bonds is 5. The molecule has 0 saturated carbocycles. The van der Waals surface area contributed by atoms with Gasteiger partial charge in [0, 0.05) is 16.1 Å². The highest BCUT2D eigenvalue weighted by atomic mass is 79.9. The number of hydrogen-bond donors (Lipinski definition) is 0. The van der Waals surface area contributed by atoms with Crippen molar-refractivity contribution in [2.75, 3.05) is 6.61 Å². The molecule has 1 aliphatic heterocycles. The second kappa shape index (κ2) is 9.08. The average molecular weight is 539 g/mol. The highest BCUT2D eigenvalue weighted by molar-refractivity contribution is 9.10. The van der Waals surface area contributed by atoms with Crippen LogP contribution >= 0.6 is 27.3 Å². The molecule has 0 aliphatic carbocycles. The Bertz CT molecular complexity index is 1570. The molecule has 0 unspecified atom stereocenters. The molecule has 0 radical (unpaired) electrons. The third-order valence-corrected chi connectivity index (χ3v) is 6.87. The molecule has 3 aromatic heterocycles. The van der Waals surface area contributed by atoms with Gasteiger partial charge in [-0.2, -0.15) is 0 Å². The van der Waals surface area contributed by atoms with Crippen LogP contribution in [0.25, 0.3) is 17.4 Å². The molecule has 1 aromatic carbocycles. The zero-order valence-electron chi connectivity index (χ0n) is 18.3. The minimum Gasteiger partial charge on any atom is -0.465 e. The summed E-state index contributed by atoms with van der Waals surface area (Å²) in [6, 6.07) is 14.0. The van der Waals surface area contributed by atoms with Gasteiger partial charge in [0.25, 0.3) is 5.56 Å². The first-order chi connectivity index (χ1) is 16.5. The van der Waals surface area contributed by atoms with Crippen LogP contribution in [0, 0.1) is 0 Å². The summed E-state index contributed by atoms with van der Waals surface area (Å²) in [5, 5.41) is 0. The van der Waals surface area contributed by atoms with Crippen LogP contribution in [0.15, 0.2) is 89.2 Å². The first-order valence-corrected chi connectivity index (χ1v) is 12.2. The fourth-order valence-electron chi connectivity index (χ4n) is 3.83. The van der Waals surface area contributed by atoms with E-state index in [-0.39, 0.29) is 17.7 Å². The Hall–Kier alpha value is -3.43. The molecule has 0 saturated heterocycles. The van der Waals surface area contributed by atoms with E-state index >= 15 is 0 Å². The topological polar surface area (TPSA) is 86.9 Å². The van der Waals surface area contributed by atoms with Crippen LogP contribution in [0.4, 0.5) is 0 Å². The number of esters is 1. The van der Waals surface area contributed by atoms with Gasteiger partial charge in [-0.15, -0.1) is 0 Å². The van der Waals surface area contributed by atoms with Crippen molar-refractivity contribution in [2.45, 2.75) is 19.9 Å². The third kappa shape index (κ3) is 4.01. The van der Waals surface area contributed by atoms with E-state index in [0.717, 1.165) is 10.0 Å². The quantitative estimate of drug-likeness (QED) is 0.351. The first kappa shape index (κ1) is 22.4. The third-order valence-electron chi connectivity index (χ3n) is 5.36. The maximum Gasteiger partial charge on any atom is 0.338 e. The Morgan fingerprint density at radius 3 is 2.74 bits per heavy atom. The van der Waals surface area contributed by atoms with Crippen LogP contribution in [0.3, 0.4) is 0 Å². The molecule has 4 aromatic rings. The minimum atomic E-state index is -0.807. The molecule has 9 heteroatoms. The van der Waals surface area contributed by atoms with E-state index in [1.54, 1.807) is 44.4 Å².